The molecule has 0 fully saturated rings. The van der Waals surface area contributed by atoms with Gasteiger partial charge in [0, 0.05) is 38.3 Å². The summed E-state index contributed by atoms with van der Waals surface area (Å²) >= 11 is 4.72. The average Bonchev–Trinajstić information content (AvgIpc) is 2.89. The van der Waals surface area contributed by atoms with Crippen LogP contribution in [0, 0.1) is 0 Å². The van der Waals surface area contributed by atoms with E-state index in [-0.39, 0.29) is 44.5 Å². The van der Waals surface area contributed by atoms with Crippen molar-refractivity contribution in [2.24, 2.45) is 5.73 Å². The largest absolute Gasteiger partial charge is 0.356 e. The van der Waals surface area contributed by atoms with E-state index in [1.54, 1.807) is 0 Å². The third-order valence-corrected chi connectivity index (χ3v) is 4.49. The molecule has 4 N–H and O–H groups in total. The molecule has 0 aromatic rings. The fraction of sp³-hybridized carbons (Fsp3) is 0.571. The number of rotatable bonds is 12. The Labute approximate surface area is 147 Å². The monoisotopic (exact) mass is 372 g/mol. The smallest absolute Gasteiger partial charge is 0.253 e. The number of imide groups is 1. The molecule has 1 aliphatic heterocycles. The van der Waals surface area contributed by atoms with Crippen LogP contribution in [0.15, 0.2) is 12.2 Å². The first-order valence-electron chi connectivity index (χ1n) is 7.60. The lowest BCUT2D eigenvalue weighted by molar-refractivity contribution is -0.137. The van der Waals surface area contributed by atoms with Crippen LogP contribution in [0.3, 0.4) is 0 Å². The van der Waals surface area contributed by atoms with Gasteiger partial charge in [-0.2, -0.15) is 0 Å². The Morgan fingerprint density at radius 2 is 1.92 bits per heavy atom. The molecule has 132 valence electrons. The van der Waals surface area contributed by atoms with Gasteiger partial charge in [-0.05, 0) is 31.1 Å². The summed E-state index contributed by atoms with van der Waals surface area (Å²) in [6.07, 6.45) is 4.51. The van der Waals surface area contributed by atoms with Crippen LogP contribution in [0.5, 0.6) is 0 Å². The summed E-state index contributed by atoms with van der Waals surface area (Å²) < 4.78 is 0. The number of carbonyl (C=O) groups is 4. The summed E-state index contributed by atoms with van der Waals surface area (Å²) in [6.45, 7) is 0.750. The van der Waals surface area contributed by atoms with Crippen LogP contribution < -0.4 is 16.4 Å². The van der Waals surface area contributed by atoms with Gasteiger partial charge in [0.05, 0.1) is 13.4 Å². The number of hydrogen-bond donors (Lipinski definition) is 3. The predicted octanol–water partition coefficient (Wildman–Crippen LogP) is -0.603. The van der Waals surface area contributed by atoms with Crippen molar-refractivity contribution in [1.82, 2.24) is 15.5 Å². The molecule has 1 atom stereocenters. The quantitative estimate of drug-likeness (QED) is 0.181. The molecule has 0 aromatic heterocycles. The number of nitrogens with zero attached hydrogens (tertiary/aromatic N) is 1. The van der Waals surface area contributed by atoms with E-state index in [0.29, 0.717) is 19.4 Å². The second kappa shape index (κ2) is 11.1. The van der Waals surface area contributed by atoms with Crippen LogP contribution in [0.25, 0.3) is 0 Å². The summed E-state index contributed by atoms with van der Waals surface area (Å²) in [5.41, 5.74) is 5.31. The number of carbonyl (C=O) groups excluding carboxylic acids is 4. The van der Waals surface area contributed by atoms with Gasteiger partial charge in [0.25, 0.3) is 11.8 Å². The van der Waals surface area contributed by atoms with Crippen LogP contribution in [0.4, 0.5) is 0 Å². The molecule has 8 nitrogen and oxygen atoms in total. The second-order valence-electron chi connectivity index (χ2n) is 5.15. The minimum absolute atomic E-state index is 0.0732. The Bertz CT molecular complexity index is 523. The topological polar surface area (TPSA) is 122 Å². The molecule has 24 heavy (non-hydrogen) atoms. The predicted molar refractivity (Wildman–Crippen MR) is 92.6 cm³/mol. The van der Waals surface area contributed by atoms with E-state index in [2.05, 4.69) is 10.6 Å². The second-order valence-corrected chi connectivity index (χ2v) is 6.32. The molecule has 0 saturated carbocycles. The van der Waals surface area contributed by atoms with Gasteiger partial charge in [-0.25, -0.2) is 0 Å². The molecule has 1 aliphatic rings. The van der Waals surface area contributed by atoms with E-state index in [1.807, 2.05) is 0 Å². The lowest BCUT2D eigenvalue weighted by Crippen LogP contribution is -2.38. The fourth-order valence-corrected chi connectivity index (χ4v) is 2.90. The Morgan fingerprint density at radius 3 is 2.50 bits per heavy atom. The lowest BCUT2D eigenvalue weighted by Gasteiger charge is -2.14. The van der Waals surface area contributed by atoms with Gasteiger partial charge in [-0.3, -0.25) is 29.4 Å². The van der Waals surface area contributed by atoms with Crippen molar-refractivity contribution in [1.29, 1.82) is 0 Å². The molecule has 3 amide bonds. The maximum atomic E-state index is 11.7. The first-order chi connectivity index (χ1) is 11.5. The van der Waals surface area contributed by atoms with Crippen molar-refractivity contribution in [3.63, 3.8) is 0 Å². The summed E-state index contributed by atoms with van der Waals surface area (Å²) in [5.74, 6) is -1.01. The van der Waals surface area contributed by atoms with E-state index >= 15 is 0 Å². The molecule has 0 spiro atoms. The van der Waals surface area contributed by atoms with Gasteiger partial charge in [0.15, 0.2) is 0 Å². The van der Waals surface area contributed by atoms with Crippen LogP contribution in [-0.4, -0.2) is 53.9 Å². The third-order valence-electron chi connectivity index (χ3n) is 3.46. The summed E-state index contributed by atoms with van der Waals surface area (Å²) in [5, 5.41) is 5.61. The molecule has 0 radical (unpaired) electrons. The maximum Gasteiger partial charge on any atom is 0.253 e. The zero-order valence-corrected chi connectivity index (χ0v) is 14.9. The molecule has 1 unspecified atom stereocenters. The van der Waals surface area contributed by atoms with Gasteiger partial charge in [-0.1, -0.05) is 0 Å². The van der Waals surface area contributed by atoms with Gasteiger partial charge in [-0.15, -0.1) is 0 Å². The molecule has 1 rings (SSSR count). The van der Waals surface area contributed by atoms with E-state index in [1.165, 1.54) is 12.2 Å². The number of nitrogens with two attached hydrogens (primary N) is 1. The summed E-state index contributed by atoms with van der Waals surface area (Å²) in [4.78, 5) is 46.9. The van der Waals surface area contributed by atoms with Crippen LogP contribution >= 0.6 is 7.36 Å². The normalized spacial score (nSPS) is 15.1. The molecule has 0 aromatic carbocycles. The molecule has 1 heterocycles. The summed E-state index contributed by atoms with van der Waals surface area (Å²) in [6, 6.07) is -0.343. The number of nitrogens with one attached hydrogen (secondary N) is 2. The number of amides is 3. The average molecular weight is 372 g/mol. The molecule has 10 heteroatoms. The van der Waals surface area contributed by atoms with Crippen LogP contribution in [0.1, 0.15) is 25.7 Å². The highest BCUT2D eigenvalue weighted by molar-refractivity contribution is 8.03. The lowest BCUT2D eigenvalue weighted by atomic mass is 10.1. The standard InChI is InChI=1S/C14H21N4O4PS/c15-9-17-10(14(22)23-24)3-1-2-7-16-11(19)6-8-18-12(20)4-5-13(18)21/h4-5,10,17H,1-3,6-9,15H2,(H,16,19). The first kappa shape index (κ1) is 20.5. The maximum absolute atomic E-state index is 11.7. The Balaban J connectivity index is 2.15. The van der Waals surface area contributed by atoms with Gasteiger partial charge < -0.3 is 11.1 Å². The minimum Gasteiger partial charge on any atom is -0.356 e. The van der Waals surface area contributed by atoms with Crippen LogP contribution in [-0.2, 0) is 31.0 Å². The SMILES string of the molecule is NCNC(CCCCNC(=O)CCN1C(=O)C=CC1=O)C(=O)P=S. The Hall–Kier alpha value is -1.54. The number of hydrogen-bond acceptors (Lipinski definition) is 7. The Morgan fingerprint density at radius 1 is 1.25 bits per heavy atom. The van der Waals surface area contributed by atoms with Gasteiger partial charge in [0.2, 0.25) is 11.4 Å². The highest BCUT2D eigenvalue weighted by Crippen LogP contribution is 2.08. The highest BCUT2D eigenvalue weighted by atomic mass is 32.4. The first-order valence-corrected chi connectivity index (χ1v) is 9.51. The fourth-order valence-electron chi connectivity index (χ4n) is 2.17. The molecule has 0 aliphatic carbocycles. The van der Waals surface area contributed by atoms with Crippen molar-refractivity contribution in [2.45, 2.75) is 31.7 Å². The molecule has 0 saturated heterocycles. The summed E-state index contributed by atoms with van der Waals surface area (Å²) in [7, 11) is 0.286. The van der Waals surface area contributed by atoms with Crippen molar-refractivity contribution >= 4 is 42.4 Å². The third kappa shape index (κ3) is 6.92. The zero-order valence-electron chi connectivity index (χ0n) is 13.2. The highest BCUT2D eigenvalue weighted by Gasteiger charge is 2.23. The molecular weight excluding hydrogens is 351 g/mol. The van der Waals surface area contributed by atoms with Gasteiger partial charge in [0.1, 0.15) is 0 Å². The van der Waals surface area contributed by atoms with E-state index in [9.17, 15) is 19.2 Å². The van der Waals surface area contributed by atoms with Crippen molar-refractivity contribution < 1.29 is 19.2 Å². The van der Waals surface area contributed by atoms with Crippen molar-refractivity contribution in [2.75, 3.05) is 19.8 Å². The minimum atomic E-state index is -0.392. The Kier molecular flexibility index (Phi) is 9.48. The molecular formula is C14H21N4O4PS. The van der Waals surface area contributed by atoms with E-state index < -0.39 is 11.8 Å². The van der Waals surface area contributed by atoms with Gasteiger partial charge >= 0.3 is 0 Å². The molecule has 0 bridgehead atoms. The van der Waals surface area contributed by atoms with Crippen LogP contribution in [0.2, 0.25) is 0 Å². The van der Waals surface area contributed by atoms with E-state index in [4.69, 9.17) is 17.5 Å². The number of unbranched alkanes of at least 4 members (excludes halogenated alkanes) is 1. The van der Waals surface area contributed by atoms with E-state index in [0.717, 1.165) is 11.3 Å². The zero-order chi connectivity index (χ0) is 17.9. The van der Waals surface area contributed by atoms with Crippen molar-refractivity contribution in [3.05, 3.63) is 12.2 Å². The van der Waals surface area contributed by atoms with Crippen molar-refractivity contribution in [3.8, 4) is 0 Å².